The Morgan fingerprint density at radius 1 is 1.06 bits per heavy atom. The molecule has 1 saturated carbocycles. The lowest BCUT2D eigenvalue weighted by Crippen LogP contribution is -2.47. The molecular formula is C27H31N3O5. The van der Waals surface area contributed by atoms with Gasteiger partial charge in [0, 0.05) is 12.2 Å². The first-order valence-electron chi connectivity index (χ1n) is 11.9. The van der Waals surface area contributed by atoms with Gasteiger partial charge in [-0.2, -0.15) is 0 Å². The molecule has 0 bridgehead atoms. The Hall–Kier alpha value is -3.81. The molecule has 3 aromatic rings. The smallest absolute Gasteiger partial charge is 0.273 e. The molecule has 1 atom stereocenters. The zero-order valence-corrected chi connectivity index (χ0v) is 20.1. The number of rotatable bonds is 9. The number of nitrogens with one attached hydrogen (secondary N) is 1. The van der Waals surface area contributed by atoms with Crippen molar-refractivity contribution in [2.75, 3.05) is 14.2 Å². The van der Waals surface area contributed by atoms with Crippen LogP contribution in [0.4, 0.5) is 0 Å². The number of furan rings is 1. The largest absolute Gasteiger partial charge is 0.493 e. The van der Waals surface area contributed by atoms with Crippen LogP contribution in [0.5, 0.6) is 11.5 Å². The van der Waals surface area contributed by atoms with E-state index in [1.807, 2.05) is 0 Å². The molecule has 0 radical (unpaired) electrons. The van der Waals surface area contributed by atoms with E-state index >= 15 is 0 Å². The normalized spacial score (nSPS) is 14.7. The molecule has 1 aliphatic rings. The van der Waals surface area contributed by atoms with Gasteiger partial charge in [-0.25, -0.2) is 0 Å². The van der Waals surface area contributed by atoms with Crippen LogP contribution < -0.4 is 14.8 Å². The Morgan fingerprint density at radius 3 is 2.51 bits per heavy atom. The maximum absolute atomic E-state index is 13.8. The molecule has 184 valence electrons. The number of carbonyl (C=O) groups is 2. The van der Waals surface area contributed by atoms with Gasteiger partial charge in [-0.05, 0) is 54.8 Å². The zero-order valence-electron chi connectivity index (χ0n) is 20.1. The Bertz CT molecular complexity index is 1110. The molecule has 4 rings (SSSR count). The summed E-state index contributed by atoms with van der Waals surface area (Å²) in [6, 6.07) is 13.1. The van der Waals surface area contributed by atoms with Crippen LogP contribution in [0.2, 0.25) is 0 Å². The molecule has 1 fully saturated rings. The molecule has 1 N–H and O–H groups in total. The molecule has 0 aliphatic heterocycles. The number of amides is 2. The van der Waals surface area contributed by atoms with Gasteiger partial charge in [0.15, 0.2) is 11.5 Å². The van der Waals surface area contributed by atoms with E-state index in [1.165, 1.54) is 11.3 Å². The predicted octanol–water partition coefficient (Wildman–Crippen LogP) is 4.52. The molecule has 1 unspecified atom stereocenters. The Balaban J connectivity index is 1.77. The number of pyridine rings is 1. The van der Waals surface area contributed by atoms with Crippen molar-refractivity contribution < 1.29 is 23.5 Å². The summed E-state index contributed by atoms with van der Waals surface area (Å²) in [5.41, 5.74) is 0.849. The molecule has 8 heteroatoms. The van der Waals surface area contributed by atoms with Crippen LogP contribution in [-0.2, 0) is 11.3 Å². The number of nitrogens with zero attached hydrogens (tertiary/aromatic N) is 2. The van der Waals surface area contributed by atoms with Crippen molar-refractivity contribution in [1.82, 2.24) is 15.2 Å². The first-order valence-corrected chi connectivity index (χ1v) is 11.9. The predicted molar refractivity (Wildman–Crippen MR) is 130 cm³/mol. The molecule has 1 aromatic carbocycles. The van der Waals surface area contributed by atoms with E-state index in [9.17, 15) is 9.59 Å². The minimum atomic E-state index is -0.934. The number of benzene rings is 1. The molecule has 2 amide bonds. The van der Waals surface area contributed by atoms with Gasteiger partial charge in [0.2, 0.25) is 5.91 Å². The van der Waals surface area contributed by atoms with Crippen molar-refractivity contribution in [2.45, 2.75) is 50.7 Å². The van der Waals surface area contributed by atoms with Gasteiger partial charge in [0.05, 0.1) is 27.0 Å². The first-order chi connectivity index (χ1) is 17.1. The average molecular weight is 478 g/mol. The van der Waals surface area contributed by atoms with Gasteiger partial charge >= 0.3 is 0 Å². The molecule has 0 spiro atoms. The van der Waals surface area contributed by atoms with Crippen molar-refractivity contribution in [2.24, 2.45) is 0 Å². The van der Waals surface area contributed by atoms with Crippen molar-refractivity contribution in [1.29, 1.82) is 0 Å². The highest BCUT2D eigenvalue weighted by Crippen LogP contribution is 2.34. The SMILES string of the molecule is COc1ccc(C(C(=O)NC2CCCCC2)N(Cc2ccco2)C(=O)c2ccccn2)cc1OC. The van der Waals surface area contributed by atoms with Crippen LogP contribution >= 0.6 is 0 Å². The number of carbonyl (C=O) groups excluding carboxylic acids is 2. The molecule has 0 saturated heterocycles. The van der Waals surface area contributed by atoms with Gasteiger partial charge in [-0.3, -0.25) is 14.6 Å². The van der Waals surface area contributed by atoms with Crippen LogP contribution in [0.25, 0.3) is 0 Å². The number of aromatic nitrogens is 1. The lowest BCUT2D eigenvalue weighted by Gasteiger charge is -2.33. The summed E-state index contributed by atoms with van der Waals surface area (Å²) in [6.07, 6.45) is 8.30. The monoisotopic (exact) mass is 477 g/mol. The number of hydrogen-bond acceptors (Lipinski definition) is 6. The van der Waals surface area contributed by atoms with Crippen LogP contribution in [0.3, 0.4) is 0 Å². The summed E-state index contributed by atoms with van der Waals surface area (Å²) in [7, 11) is 3.09. The second-order valence-corrected chi connectivity index (χ2v) is 8.59. The van der Waals surface area contributed by atoms with Gasteiger partial charge in [-0.15, -0.1) is 0 Å². The molecule has 1 aliphatic carbocycles. The second kappa shape index (κ2) is 11.6. The third-order valence-corrected chi connectivity index (χ3v) is 6.29. The van der Waals surface area contributed by atoms with E-state index in [4.69, 9.17) is 13.9 Å². The summed E-state index contributed by atoms with van der Waals surface area (Å²) < 4.78 is 16.4. The van der Waals surface area contributed by atoms with E-state index in [2.05, 4.69) is 10.3 Å². The topological polar surface area (TPSA) is 93.9 Å². The summed E-state index contributed by atoms with van der Waals surface area (Å²) in [6.45, 7) is 0.0967. The Labute approximate surface area is 205 Å². The summed E-state index contributed by atoms with van der Waals surface area (Å²) >= 11 is 0. The molecular weight excluding hydrogens is 446 g/mol. The molecule has 2 heterocycles. The summed E-state index contributed by atoms with van der Waals surface area (Å²) in [4.78, 5) is 33.3. The van der Waals surface area contributed by atoms with Crippen molar-refractivity contribution >= 4 is 11.8 Å². The van der Waals surface area contributed by atoms with Crippen molar-refractivity contribution in [3.8, 4) is 11.5 Å². The maximum atomic E-state index is 13.8. The van der Waals surface area contributed by atoms with E-state index in [-0.39, 0.29) is 30.1 Å². The fourth-order valence-corrected chi connectivity index (χ4v) is 4.51. The minimum absolute atomic E-state index is 0.0781. The fourth-order valence-electron chi connectivity index (χ4n) is 4.51. The minimum Gasteiger partial charge on any atom is -0.493 e. The molecule has 35 heavy (non-hydrogen) atoms. The van der Waals surface area contributed by atoms with Crippen LogP contribution in [0.1, 0.15) is 60.0 Å². The first kappa shape index (κ1) is 24.3. The van der Waals surface area contributed by atoms with E-state index in [0.717, 1.165) is 25.7 Å². The average Bonchev–Trinajstić information content (AvgIpc) is 3.42. The Morgan fingerprint density at radius 2 is 1.86 bits per heavy atom. The van der Waals surface area contributed by atoms with Crippen LogP contribution in [-0.4, -0.2) is 42.0 Å². The molecule has 2 aromatic heterocycles. The van der Waals surface area contributed by atoms with Gasteiger partial charge < -0.3 is 24.1 Å². The van der Waals surface area contributed by atoms with E-state index < -0.39 is 6.04 Å². The Kier molecular flexibility index (Phi) is 8.03. The fraction of sp³-hybridized carbons (Fsp3) is 0.370. The highest BCUT2D eigenvalue weighted by Gasteiger charge is 2.35. The highest BCUT2D eigenvalue weighted by molar-refractivity contribution is 5.96. The molecule has 8 nitrogen and oxygen atoms in total. The number of hydrogen-bond donors (Lipinski definition) is 1. The van der Waals surface area contributed by atoms with Crippen molar-refractivity contribution in [3.05, 3.63) is 78.0 Å². The summed E-state index contributed by atoms with van der Waals surface area (Å²) in [5, 5.41) is 3.19. The van der Waals surface area contributed by atoms with E-state index in [0.29, 0.717) is 22.8 Å². The third-order valence-electron chi connectivity index (χ3n) is 6.29. The van der Waals surface area contributed by atoms with Gasteiger partial charge in [-0.1, -0.05) is 31.4 Å². The second-order valence-electron chi connectivity index (χ2n) is 8.59. The van der Waals surface area contributed by atoms with Crippen LogP contribution in [0, 0.1) is 0 Å². The lowest BCUT2D eigenvalue weighted by molar-refractivity contribution is -0.127. The van der Waals surface area contributed by atoms with Gasteiger partial charge in [0.1, 0.15) is 17.5 Å². The number of methoxy groups -OCH3 is 2. The zero-order chi connectivity index (χ0) is 24.6. The third kappa shape index (κ3) is 5.82. The maximum Gasteiger partial charge on any atom is 0.273 e. The standard InChI is InChI=1S/C27H31N3O5/c1-33-23-14-13-19(17-24(23)34-2)25(26(31)29-20-9-4-3-5-10-20)30(18-21-11-8-16-35-21)27(32)22-12-6-7-15-28-22/h6-8,11-17,20,25H,3-5,9-10,18H2,1-2H3,(H,29,31). The van der Waals surface area contributed by atoms with E-state index in [1.54, 1.807) is 75.2 Å². The lowest BCUT2D eigenvalue weighted by atomic mass is 9.94. The summed E-state index contributed by atoms with van der Waals surface area (Å²) in [5.74, 6) is 0.950. The quantitative estimate of drug-likeness (QED) is 0.487. The number of ether oxygens (including phenoxy) is 2. The highest BCUT2D eigenvalue weighted by atomic mass is 16.5. The van der Waals surface area contributed by atoms with Gasteiger partial charge in [0.25, 0.3) is 5.91 Å². The van der Waals surface area contributed by atoms with Crippen LogP contribution in [0.15, 0.2) is 65.4 Å². The van der Waals surface area contributed by atoms with Crippen molar-refractivity contribution in [3.63, 3.8) is 0 Å².